The van der Waals surface area contributed by atoms with E-state index in [4.69, 9.17) is 4.74 Å². The van der Waals surface area contributed by atoms with Gasteiger partial charge in [-0.25, -0.2) is 0 Å². The Bertz CT molecular complexity index is 1020. The maximum atomic E-state index is 12.7. The van der Waals surface area contributed by atoms with Crippen LogP contribution in [0.15, 0.2) is 67.3 Å². The van der Waals surface area contributed by atoms with Gasteiger partial charge in [0.1, 0.15) is 11.5 Å². The van der Waals surface area contributed by atoms with Crippen molar-refractivity contribution < 1.29 is 14.6 Å². The molecule has 4 rings (SSSR count). The first-order valence-electron chi connectivity index (χ1n) is 11.8. The quantitative estimate of drug-likeness (QED) is 0.485. The van der Waals surface area contributed by atoms with Gasteiger partial charge in [-0.05, 0) is 79.6 Å². The first-order valence-corrected chi connectivity index (χ1v) is 11.8. The number of carbonyl (C=O) groups excluding carboxylic acids is 1. The Balaban J connectivity index is 1.49. The molecule has 5 nitrogen and oxygen atoms in total. The van der Waals surface area contributed by atoms with Gasteiger partial charge in [0.2, 0.25) is 5.91 Å². The van der Waals surface area contributed by atoms with E-state index in [2.05, 4.69) is 22.9 Å². The van der Waals surface area contributed by atoms with E-state index in [-0.39, 0.29) is 17.4 Å². The molecule has 2 aliphatic rings. The fraction of sp³-hybridized carbons (Fsp3) is 0.393. The van der Waals surface area contributed by atoms with Gasteiger partial charge in [-0.2, -0.15) is 0 Å². The minimum atomic E-state index is -0.0728. The maximum absolute atomic E-state index is 12.7. The molecule has 5 heteroatoms. The molecule has 33 heavy (non-hydrogen) atoms. The predicted molar refractivity (Wildman–Crippen MR) is 132 cm³/mol. The zero-order valence-electron chi connectivity index (χ0n) is 19.4. The van der Waals surface area contributed by atoms with Crippen LogP contribution in [0.4, 0.5) is 0 Å². The van der Waals surface area contributed by atoms with Gasteiger partial charge in [0.15, 0.2) is 0 Å². The van der Waals surface area contributed by atoms with E-state index >= 15 is 0 Å². The second-order valence-corrected chi connectivity index (χ2v) is 9.30. The van der Waals surface area contributed by atoms with Crippen LogP contribution in [0, 0.1) is 5.92 Å². The summed E-state index contributed by atoms with van der Waals surface area (Å²) in [5.41, 5.74) is 2.08. The molecule has 1 heterocycles. The number of hydrogen-bond donors (Lipinski definition) is 2. The summed E-state index contributed by atoms with van der Waals surface area (Å²) in [6, 6.07) is 15.5. The molecule has 0 unspecified atom stereocenters. The number of amides is 1. The van der Waals surface area contributed by atoms with Crippen molar-refractivity contribution in [3.8, 4) is 11.5 Å². The van der Waals surface area contributed by atoms with Crippen LogP contribution >= 0.6 is 0 Å². The zero-order valence-corrected chi connectivity index (χ0v) is 19.4. The van der Waals surface area contributed by atoms with Crippen LogP contribution in [0.5, 0.6) is 11.5 Å². The molecule has 0 radical (unpaired) electrons. The summed E-state index contributed by atoms with van der Waals surface area (Å²) < 4.78 is 5.26. The fourth-order valence-corrected chi connectivity index (χ4v) is 5.67. The highest BCUT2D eigenvalue weighted by Gasteiger charge is 2.48. The third-order valence-corrected chi connectivity index (χ3v) is 7.28. The van der Waals surface area contributed by atoms with E-state index in [9.17, 15) is 9.90 Å². The van der Waals surface area contributed by atoms with Gasteiger partial charge in [0.05, 0.1) is 7.11 Å². The fourth-order valence-electron chi connectivity index (χ4n) is 5.67. The number of phenolic OH excluding ortho intramolecular Hbond substituents is 1. The summed E-state index contributed by atoms with van der Waals surface area (Å²) in [4.78, 5) is 15.2. The molecule has 2 aromatic rings. The van der Waals surface area contributed by atoms with Crippen molar-refractivity contribution >= 4 is 12.0 Å². The van der Waals surface area contributed by atoms with Gasteiger partial charge in [-0.1, -0.05) is 30.3 Å². The first kappa shape index (κ1) is 23.1. The lowest BCUT2D eigenvalue weighted by Gasteiger charge is -2.53. The third-order valence-electron chi connectivity index (χ3n) is 7.28. The highest BCUT2D eigenvalue weighted by Crippen LogP contribution is 2.49. The second-order valence-electron chi connectivity index (χ2n) is 9.30. The number of benzene rings is 2. The Kier molecular flexibility index (Phi) is 7.19. The van der Waals surface area contributed by atoms with Gasteiger partial charge in [0.25, 0.3) is 0 Å². The smallest absolute Gasteiger partial charge is 0.244 e. The number of piperidine rings is 1. The third kappa shape index (κ3) is 5.31. The van der Waals surface area contributed by atoms with Crippen molar-refractivity contribution in [3.63, 3.8) is 0 Å². The molecule has 1 aliphatic carbocycles. The number of fused-ring (bicyclic) bond motifs is 1. The average molecular weight is 447 g/mol. The highest BCUT2D eigenvalue weighted by molar-refractivity contribution is 5.92. The number of nitrogens with zero attached hydrogens (tertiary/aromatic N) is 1. The molecular weight excluding hydrogens is 412 g/mol. The predicted octanol–water partition coefficient (Wildman–Crippen LogP) is 4.53. The summed E-state index contributed by atoms with van der Waals surface area (Å²) in [5.74, 6) is 1.50. The normalized spacial score (nSPS) is 25.4. The molecule has 0 spiro atoms. The van der Waals surface area contributed by atoms with Crippen LogP contribution in [0.3, 0.4) is 0 Å². The molecular formula is C28H34N2O3. The van der Waals surface area contributed by atoms with Crippen LogP contribution in [0.1, 0.15) is 36.8 Å². The SMILES string of the molecule is C=CCN1CC[C@@]2(c3cccc(O)c3)C[C@@H](NC(=O)C=Cc3cccc(OC)c3)CC[C@@H]2C1. The topological polar surface area (TPSA) is 61.8 Å². The summed E-state index contributed by atoms with van der Waals surface area (Å²) in [7, 11) is 1.63. The van der Waals surface area contributed by atoms with Gasteiger partial charge >= 0.3 is 0 Å². The maximum Gasteiger partial charge on any atom is 0.244 e. The lowest BCUT2D eigenvalue weighted by atomic mass is 9.58. The molecule has 2 N–H and O–H groups in total. The van der Waals surface area contributed by atoms with E-state index in [1.807, 2.05) is 48.6 Å². The van der Waals surface area contributed by atoms with Crippen molar-refractivity contribution in [3.05, 3.63) is 78.4 Å². The second kappa shape index (κ2) is 10.3. The Hall–Kier alpha value is -3.05. The number of hydrogen-bond acceptors (Lipinski definition) is 4. The lowest BCUT2D eigenvalue weighted by Crippen LogP contribution is -2.56. The first-order chi connectivity index (χ1) is 16.0. The van der Waals surface area contributed by atoms with Gasteiger partial charge in [-0.15, -0.1) is 6.58 Å². The number of methoxy groups -OCH3 is 1. The number of ether oxygens (including phenoxy) is 1. The molecule has 3 atom stereocenters. The standard InChI is InChI=1S/C28H34N2O3/c1-3-15-30-16-14-28(22-7-5-8-25(31)18-22)19-24(12-11-23(28)20-30)29-27(32)13-10-21-6-4-9-26(17-21)33-2/h3-10,13,17-18,23-24,31H,1,11-12,14-16,19-20H2,2H3,(H,29,32)/t23-,24+,28+/m1/s1. The molecule has 1 saturated carbocycles. The van der Waals surface area contributed by atoms with Gasteiger partial charge in [0, 0.05) is 30.6 Å². The number of likely N-dealkylation sites (tertiary alicyclic amines) is 1. The number of nitrogens with one attached hydrogen (secondary N) is 1. The zero-order chi connectivity index (χ0) is 23.3. The monoisotopic (exact) mass is 446 g/mol. The Morgan fingerprint density at radius 3 is 2.91 bits per heavy atom. The van der Waals surface area contributed by atoms with Crippen LogP contribution in [-0.4, -0.2) is 48.7 Å². The molecule has 1 saturated heterocycles. The van der Waals surface area contributed by atoms with Crippen LogP contribution in [-0.2, 0) is 10.2 Å². The lowest BCUT2D eigenvalue weighted by molar-refractivity contribution is -0.117. The van der Waals surface area contributed by atoms with E-state index in [1.54, 1.807) is 19.3 Å². The molecule has 174 valence electrons. The van der Waals surface area contributed by atoms with E-state index in [1.165, 1.54) is 5.56 Å². The summed E-state index contributed by atoms with van der Waals surface area (Å²) >= 11 is 0. The van der Waals surface area contributed by atoms with E-state index in [0.717, 1.165) is 56.6 Å². The Labute approximate surface area is 196 Å². The van der Waals surface area contributed by atoms with E-state index in [0.29, 0.717) is 11.7 Å². The summed E-state index contributed by atoms with van der Waals surface area (Å²) in [5, 5.41) is 13.4. The molecule has 0 bridgehead atoms. The Morgan fingerprint density at radius 2 is 2.12 bits per heavy atom. The molecule has 2 fully saturated rings. The molecule has 2 aromatic carbocycles. The van der Waals surface area contributed by atoms with Crippen LogP contribution in [0.25, 0.3) is 6.08 Å². The summed E-state index contributed by atoms with van der Waals surface area (Å²) in [6.45, 7) is 6.83. The van der Waals surface area contributed by atoms with Gasteiger partial charge < -0.3 is 15.2 Å². The van der Waals surface area contributed by atoms with Crippen molar-refractivity contribution in [2.45, 2.75) is 37.1 Å². The minimum Gasteiger partial charge on any atom is -0.508 e. The van der Waals surface area contributed by atoms with Crippen molar-refractivity contribution in [2.24, 2.45) is 5.92 Å². The number of aromatic hydroxyl groups is 1. The molecule has 0 aromatic heterocycles. The molecule has 1 aliphatic heterocycles. The van der Waals surface area contributed by atoms with E-state index < -0.39 is 0 Å². The number of carbonyl (C=O) groups is 1. The van der Waals surface area contributed by atoms with Gasteiger partial charge in [-0.3, -0.25) is 9.69 Å². The van der Waals surface area contributed by atoms with Crippen molar-refractivity contribution in [1.29, 1.82) is 0 Å². The van der Waals surface area contributed by atoms with Crippen molar-refractivity contribution in [1.82, 2.24) is 10.2 Å². The number of rotatable bonds is 7. The van der Waals surface area contributed by atoms with Crippen LogP contribution < -0.4 is 10.1 Å². The minimum absolute atomic E-state index is 0.0386. The highest BCUT2D eigenvalue weighted by atomic mass is 16.5. The Morgan fingerprint density at radius 1 is 1.27 bits per heavy atom. The van der Waals surface area contributed by atoms with Crippen LogP contribution in [0.2, 0.25) is 0 Å². The average Bonchev–Trinajstić information content (AvgIpc) is 2.83. The summed E-state index contributed by atoms with van der Waals surface area (Å²) in [6.07, 6.45) is 9.32. The molecule has 1 amide bonds. The van der Waals surface area contributed by atoms with Crippen molar-refractivity contribution in [2.75, 3.05) is 26.7 Å². The largest absolute Gasteiger partial charge is 0.508 e. The number of phenols is 1.